The van der Waals surface area contributed by atoms with Crippen LogP contribution in [0.15, 0.2) is 24.3 Å². The van der Waals surface area contributed by atoms with Gasteiger partial charge in [-0.2, -0.15) is 8.42 Å². The Labute approximate surface area is 112 Å². The fraction of sp³-hybridized carbons (Fsp3) is 0.357. The lowest BCUT2D eigenvalue weighted by Crippen LogP contribution is -1.95. The monoisotopic (exact) mass is 277 g/mol. The van der Waals surface area contributed by atoms with Gasteiger partial charge in [-0.3, -0.25) is 0 Å². The highest BCUT2D eigenvalue weighted by atomic mass is 32.2. The van der Waals surface area contributed by atoms with Crippen molar-refractivity contribution < 1.29 is 13.5 Å². The first-order valence-electron chi connectivity index (χ1n) is 6.44. The van der Waals surface area contributed by atoms with Gasteiger partial charge in [0, 0.05) is 5.39 Å². The summed E-state index contributed by atoms with van der Waals surface area (Å²) in [5.41, 5.74) is 1.70. The third-order valence-electron chi connectivity index (χ3n) is 3.88. The first-order chi connectivity index (χ1) is 9.16. The van der Waals surface area contributed by atoms with Crippen molar-refractivity contribution in [2.45, 2.75) is 31.6 Å². The van der Waals surface area contributed by atoms with Gasteiger partial charge in [0.15, 0.2) is 4.64 Å². The number of aromatic amines is 1. The molecule has 1 heterocycles. The molecule has 100 valence electrons. The molecule has 5 heteroatoms. The third kappa shape index (κ3) is 2.14. The highest BCUT2D eigenvalue weighted by molar-refractivity contribution is 7.63. The SMILES string of the molecule is O=S(=O)=c1ccc2c(C3CCCC3)ccc(O)c2[nH]1. The first kappa shape index (κ1) is 12.3. The van der Waals surface area contributed by atoms with Gasteiger partial charge in [-0.1, -0.05) is 18.9 Å². The number of fused-ring (bicyclic) bond motifs is 1. The molecule has 1 aliphatic rings. The van der Waals surface area contributed by atoms with E-state index in [1.165, 1.54) is 18.4 Å². The molecule has 0 radical (unpaired) electrons. The zero-order valence-corrected chi connectivity index (χ0v) is 11.2. The van der Waals surface area contributed by atoms with Crippen LogP contribution < -0.4 is 0 Å². The lowest BCUT2D eigenvalue weighted by atomic mass is 9.93. The number of benzene rings is 1. The molecule has 1 aliphatic carbocycles. The Bertz CT molecular complexity index is 791. The largest absolute Gasteiger partial charge is 0.506 e. The van der Waals surface area contributed by atoms with Gasteiger partial charge in [0.05, 0.1) is 5.52 Å². The van der Waals surface area contributed by atoms with Gasteiger partial charge in [-0.05, 0) is 42.5 Å². The van der Waals surface area contributed by atoms with Crippen molar-refractivity contribution in [3.8, 4) is 5.75 Å². The van der Waals surface area contributed by atoms with E-state index >= 15 is 0 Å². The van der Waals surface area contributed by atoms with Crippen LogP contribution in [0.2, 0.25) is 0 Å². The Balaban J connectivity index is 2.32. The van der Waals surface area contributed by atoms with Crippen molar-refractivity contribution >= 4 is 21.2 Å². The first-order valence-corrected chi connectivity index (χ1v) is 7.51. The number of H-pyrrole nitrogens is 1. The smallest absolute Gasteiger partial charge is 0.238 e. The Morgan fingerprint density at radius 3 is 2.53 bits per heavy atom. The van der Waals surface area contributed by atoms with E-state index in [1.807, 2.05) is 6.07 Å². The molecule has 4 nitrogen and oxygen atoms in total. The van der Waals surface area contributed by atoms with E-state index in [4.69, 9.17) is 0 Å². The molecule has 3 rings (SSSR count). The molecular weight excluding hydrogens is 262 g/mol. The summed E-state index contributed by atoms with van der Waals surface area (Å²) in [6.07, 6.45) is 4.79. The van der Waals surface area contributed by atoms with Crippen molar-refractivity contribution in [1.29, 1.82) is 0 Å². The summed E-state index contributed by atoms with van der Waals surface area (Å²) in [5.74, 6) is 0.601. The lowest BCUT2D eigenvalue weighted by molar-refractivity contribution is 0.480. The van der Waals surface area contributed by atoms with E-state index in [1.54, 1.807) is 18.2 Å². The van der Waals surface area contributed by atoms with Crippen LogP contribution in [0.1, 0.15) is 37.2 Å². The van der Waals surface area contributed by atoms with E-state index in [0.717, 1.165) is 18.2 Å². The zero-order valence-electron chi connectivity index (χ0n) is 10.4. The van der Waals surface area contributed by atoms with Crippen LogP contribution in [-0.4, -0.2) is 18.5 Å². The summed E-state index contributed by atoms with van der Waals surface area (Å²) in [5, 5.41) is 10.8. The second kappa shape index (κ2) is 4.74. The molecule has 2 N–H and O–H groups in total. The molecule has 1 aromatic heterocycles. The number of aromatic nitrogens is 1. The maximum absolute atomic E-state index is 11.0. The van der Waals surface area contributed by atoms with E-state index < -0.39 is 10.3 Å². The molecule has 0 atom stereocenters. The Kier molecular flexibility index (Phi) is 3.06. The number of nitrogens with one attached hydrogen (secondary N) is 1. The lowest BCUT2D eigenvalue weighted by Gasteiger charge is -2.13. The number of phenolic OH excluding ortho intramolecular Hbond substituents is 1. The maximum Gasteiger partial charge on any atom is 0.238 e. The van der Waals surface area contributed by atoms with Crippen LogP contribution in [0.3, 0.4) is 0 Å². The second-order valence-corrected chi connectivity index (χ2v) is 5.91. The molecule has 1 aromatic carbocycles. The molecule has 0 amide bonds. The van der Waals surface area contributed by atoms with Crippen LogP contribution >= 0.6 is 0 Å². The summed E-state index contributed by atoms with van der Waals surface area (Å²) >= 11 is 0. The molecule has 1 saturated carbocycles. The quantitative estimate of drug-likeness (QED) is 0.787. The summed E-state index contributed by atoms with van der Waals surface area (Å²) < 4.78 is 22.1. The second-order valence-electron chi connectivity index (χ2n) is 5.00. The Morgan fingerprint density at radius 2 is 1.84 bits per heavy atom. The van der Waals surface area contributed by atoms with Gasteiger partial charge < -0.3 is 10.1 Å². The van der Waals surface area contributed by atoms with E-state index in [-0.39, 0.29) is 10.4 Å². The summed E-state index contributed by atoms with van der Waals surface area (Å²) in [6, 6.07) is 6.92. The highest BCUT2D eigenvalue weighted by Gasteiger charge is 2.19. The number of aromatic hydroxyl groups is 1. The van der Waals surface area contributed by atoms with Crippen molar-refractivity contribution in [3.63, 3.8) is 0 Å². The number of phenols is 1. The Morgan fingerprint density at radius 1 is 1.11 bits per heavy atom. The minimum atomic E-state index is -2.32. The van der Waals surface area contributed by atoms with Gasteiger partial charge in [0.2, 0.25) is 10.3 Å². The van der Waals surface area contributed by atoms with Crippen molar-refractivity contribution in [2.75, 3.05) is 0 Å². The van der Waals surface area contributed by atoms with Crippen molar-refractivity contribution in [3.05, 3.63) is 34.5 Å². The topological polar surface area (TPSA) is 70.2 Å². The number of hydrogen-bond acceptors (Lipinski definition) is 3. The zero-order chi connectivity index (χ0) is 13.4. The molecular formula is C14H15NO3S. The van der Waals surface area contributed by atoms with Gasteiger partial charge in [0.25, 0.3) is 0 Å². The van der Waals surface area contributed by atoms with Crippen LogP contribution in [0.4, 0.5) is 0 Å². The summed E-state index contributed by atoms with van der Waals surface area (Å²) in [7, 11) is -2.32. The Hall–Kier alpha value is -1.75. The van der Waals surface area contributed by atoms with Gasteiger partial charge in [-0.25, -0.2) is 0 Å². The van der Waals surface area contributed by atoms with Crippen molar-refractivity contribution in [2.24, 2.45) is 0 Å². The van der Waals surface area contributed by atoms with E-state index in [0.29, 0.717) is 11.4 Å². The number of hydrogen-bond donors (Lipinski definition) is 2. The average molecular weight is 277 g/mol. The number of pyridine rings is 1. The number of rotatable bonds is 1. The molecule has 0 bridgehead atoms. The fourth-order valence-corrected chi connectivity index (χ4v) is 3.31. The predicted molar refractivity (Wildman–Crippen MR) is 73.3 cm³/mol. The van der Waals surface area contributed by atoms with Gasteiger partial charge in [0.1, 0.15) is 5.75 Å². The maximum atomic E-state index is 11.0. The average Bonchev–Trinajstić information content (AvgIpc) is 2.92. The third-order valence-corrected chi connectivity index (χ3v) is 4.48. The standard InChI is InChI=1S/C14H15NO3S/c16-12-7-5-10(9-3-1-2-4-9)11-6-8-13(19(17)18)15-14(11)12/h5-9,15-16H,1-4H2. The van der Waals surface area contributed by atoms with E-state index in [9.17, 15) is 13.5 Å². The summed E-state index contributed by atoms with van der Waals surface area (Å²) in [4.78, 5) is 2.80. The van der Waals surface area contributed by atoms with Crippen LogP contribution in [0.5, 0.6) is 5.75 Å². The molecule has 0 spiro atoms. The molecule has 0 saturated heterocycles. The highest BCUT2D eigenvalue weighted by Crippen LogP contribution is 2.39. The normalized spacial score (nSPS) is 16.0. The minimum absolute atomic E-state index is 0.0871. The van der Waals surface area contributed by atoms with Crippen LogP contribution in [0.25, 0.3) is 10.9 Å². The van der Waals surface area contributed by atoms with E-state index in [2.05, 4.69) is 4.98 Å². The van der Waals surface area contributed by atoms with Gasteiger partial charge >= 0.3 is 0 Å². The van der Waals surface area contributed by atoms with Crippen LogP contribution in [-0.2, 0) is 10.3 Å². The minimum Gasteiger partial charge on any atom is -0.506 e. The fourth-order valence-electron chi connectivity index (χ4n) is 2.95. The predicted octanol–water partition coefficient (Wildman–Crippen LogP) is 2.94. The summed E-state index contributed by atoms with van der Waals surface area (Å²) in [6.45, 7) is 0. The van der Waals surface area contributed by atoms with Crippen LogP contribution in [0, 0.1) is 4.64 Å². The molecule has 2 aromatic rings. The van der Waals surface area contributed by atoms with Gasteiger partial charge in [-0.15, -0.1) is 0 Å². The molecule has 19 heavy (non-hydrogen) atoms. The van der Waals surface area contributed by atoms with Crippen molar-refractivity contribution in [1.82, 2.24) is 4.98 Å². The molecule has 1 fully saturated rings. The molecule has 0 aliphatic heterocycles. The molecule has 0 unspecified atom stereocenters.